The van der Waals surface area contributed by atoms with Gasteiger partial charge in [0.15, 0.2) is 0 Å². The lowest BCUT2D eigenvalue weighted by Gasteiger charge is -2.33. The number of carbonyl (C=O) groups is 2. The fourth-order valence-corrected chi connectivity index (χ4v) is 4.94. The number of pyridine rings is 1. The molecule has 172 valence electrons. The molecule has 1 N–H and O–H groups in total. The topological polar surface area (TPSA) is 89.2 Å². The Balaban J connectivity index is 1.40. The molecular formula is C24H33N5O3. The van der Waals surface area contributed by atoms with Crippen molar-refractivity contribution in [2.45, 2.75) is 71.0 Å². The van der Waals surface area contributed by atoms with E-state index in [1.807, 2.05) is 13.1 Å². The fraction of sp³-hybridized carbons (Fsp3) is 0.583. The third-order valence-electron chi connectivity index (χ3n) is 6.72. The molecule has 8 heteroatoms. The molecule has 2 amide bonds. The minimum absolute atomic E-state index is 0.0566. The van der Waals surface area contributed by atoms with Gasteiger partial charge in [-0.1, -0.05) is 19.3 Å². The molecule has 0 unspecified atom stereocenters. The monoisotopic (exact) mass is 439 g/mol. The van der Waals surface area contributed by atoms with Gasteiger partial charge < -0.3 is 19.4 Å². The number of likely N-dealkylation sites (tertiary alicyclic amines) is 1. The number of imidazole rings is 1. The lowest BCUT2D eigenvalue weighted by Crippen LogP contribution is -2.44. The Morgan fingerprint density at radius 1 is 1.09 bits per heavy atom. The van der Waals surface area contributed by atoms with E-state index in [9.17, 15) is 14.4 Å². The number of nitrogens with zero attached hydrogens (tertiary/aromatic N) is 4. The predicted molar refractivity (Wildman–Crippen MR) is 121 cm³/mol. The minimum atomic E-state index is -0.399. The second-order valence-electron chi connectivity index (χ2n) is 9.14. The first kappa shape index (κ1) is 22.3. The maximum atomic E-state index is 13.2. The van der Waals surface area contributed by atoms with Crippen molar-refractivity contribution in [2.75, 3.05) is 13.1 Å². The summed E-state index contributed by atoms with van der Waals surface area (Å²) in [5.41, 5.74) is -0.263. The van der Waals surface area contributed by atoms with E-state index >= 15 is 0 Å². The van der Waals surface area contributed by atoms with Gasteiger partial charge in [-0.15, -0.1) is 0 Å². The molecular weight excluding hydrogens is 406 g/mol. The normalized spacial score (nSPS) is 19.7. The van der Waals surface area contributed by atoms with Crippen molar-refractivity contribution < 1.29 is 9.59 Å². The van der Waals surface area contributed by atoms with Gasteiger partial charge in [-0.25, -0.2) is 4.98 Å². The summed E-state index contributed by atoms with van der Waals surface area (Å²) in [6.45, 7) is 4.00. The Bertz CT molecular complexity index is 1010. The summed E-state index contributed by atoms with van der Waals surface area (Å²) >= 11 is 0. The highest BCUT2D eigenvalue weighted by Gasteiger charge is 2.27. The molecule has 1 saturated heterocycles. The zero-order valence-corrected chi connectivity index (χ0v) is 18.8. The van der Waals surface area contributed by atoms with E-state index in [2.05, 4.69) is 14.9 Å². The summed E-state index contributed by atoms with van der Waals surface area (Å²) in [6, 6.07) is 3.45. The Morgan fingerprint density at radius 2 is 1.91 bits per heavy atom. The first-order valence-corrected chi connectivity index (χ1v) is 11.8. The number of piperidine rings is 1. The Kier molecular flexibility index (Phi) is 7.07. The highest BCUT2D eigenvalue weighted by molar-refractivity contribution is 5.94. The van der Waals surface area contributed by atoms with E-state index in [0.29, 0.717) is 19.0 Å². The third-order valence-corrected chi connectivity index (χ3v) is 6.72. The minimum Gasteiger partial charge on any atom is -0.352 e. The smallest absolute Gasteiger partial charge is 0.263 e. The number of aryl methyl sites for hydroxylation is 1. The summed E-state index contributed by atoms with van der Waals surface area (Å²) in [6.07, 6.45) is 12.8. The fourth-order valence-electron chi connectivity index (χ4n) is 4.94. The van der Waals surface area contributed by atoms with Crippen LogP contribution in [0.25, 0.3) is 0 Å². The van der Waals surface area contributed by atoms with Gasteiger partial charge in [-0.2, -0.15) is 0 Å². The largest absolute Gasteiger partial charge is 0.352 e. The molecule has 2 aromatic rings. The standard InChI is InChI=1S/C24H33N5O3/c1-18-25-11-14-27(18)15-19-7-5-12-28(16-19)23(31)21-10-6-13-29(24(21)32)17-22(30)26-20-8-3-2-4-9-20/h6,10-11,13-14,19-20H,2-5,7-9,12,15-17H2,1H3,(H,26,30)/t19-/m0/s1. The molecule has 2 fully saturated rings. The molecule has 1 saturated carbocycles. The van der Waals surface area contributed by atoms with Gasteiger partial charge in [-0.3, -0.25) is 14.4 Å². The number of nitrogens with one attached hydrogen (secondary N) is 1. The van der Waals surface area contributed by atoms with Crippen molar-refractivity contribution in [1.29, 1.82) is 0 Å². The van der Waals surface area contributed by atoms with E-state index in [4.69, 9.17) is 0 Å². The molecule has 1 aliphatic carbocycles. The maximum Gasteiger partial charge on any atom is 0.263 e. The summed E-state index contributed by atoms with van der Waals surface area (Å²) in [7, 11) is 0. The maximum absolute atomic E-state index is 13.2. The van der Waals surface area contributed by atoms with Crippen molar-refractivity contribution in [2.24, 2.45) is 5.92 Å². The van der Waals surface area contributed by atoms with Crippen molar-refractivity contribution in [1.82, 2.24) is 24.3 Å². The van der Waals surface area contributed by atoms with Gasteiger partial charge in [-0.05, 0) is 50.7 Å². The van der Waals surface area contributed by atoms with Crippen molar-refractivity contribution in [3.05, 3.63) is 52.5 Å². The molecule has 4 rings (SSSR count). The van der Waals surface area contributed by atoms with E-state index in [1.54, 1.807) is 29.4 Å². The van der Waals surface area contributed by atoms with Crippen LogP contribution >= 0.6 is 0 Å². The van der Waals surface area contributed by atoms with Gasteiger partial charge in [0.2, 0.25) is 5.91 Å². The number of hydrogen-bond donors (Lipinski definition) is 1. The number of carbonyl (C=O) groups excluding carboxylic acids is 2. The lowest BCUT2D eigenvalue weighted by atomic mass is 9.95. The molecule has 3 heterocycles. The molecule has 2 aromatic heterocycles. The average molecular weight is 440 g/mol. The summed E-state index contributed by atoms with van der Waals surface area (Å²) in [5.74, 6) is 0.875. The summed E-state index contributed by atoms with van der Waals surface area (Å²) in [5, 5.41) is 3.04. The van der Waals surface area contributed by atoms with Crippen LogP contribution in [0.15, 0.2) is 35.5 Å². The number of rotatable bonds is 6. The zero-order valence-electron chi connectivity index (χ0n) is 18.8. The van der Waals surface area contributed by atoms with Crippen LogP contribution in [0.5, 0.6) is 0 Å². The van der Waals surface area contributed by atoms with E-state index in [0.717, 1.165) is 50.9 Å². The SMILES string of the molecule is Cc1nccn1C[C@@H]1CCCN(C(=O)c2cccn(CC(=O)NC3CCCCC3)c2=O)C1. The first-order chi connectivity index (χ1) is 15.5. The molecule has 2 aliphatic rings. The molecule has 1 atom stereocenters. The summed E-state index contributed by atoms with van der Waals surface area (Å²) in [4.78, 5) is 44.7. The van der Waals surface area contributed by atoms with Crippen LogP contribution in [0.4, 0.5) is 0 Å². The number of hydrogen-bond acceptors (Lipinski definition) is 4. The van der Waals surface area contributed by atoms with E-state index in [1.165, 1.54) is 11.0 Å². The first-order valence-electron chi connectivity index (χ1n) is 11.8. The van der Waals surface area contributed by atoms with Gasteiger partial charge >= 0.3 is 0 Å². The van der Waals surface area contributed by atoms with Crippen LogP contribution in [0.1, 0.15) is 61.1 Å². The van der Waals surface area contributed by atoms with E-state index < -0.39 is 5.56 Å². The Morgan fingerprint density at radius 3 is 2.66 bits per heavy atom. The molecule has 1 aliphatic heterocycles. The molecule has 32 heavy (non-hydrogen) atoms. The van der Waals surface area contributed by atoms with Crippen LogP contribution in [-0.4, -0.2) is 50.0 Å². The molecule has 0 radical (unpaired) electrons. The van der Waals surface area contributed by atoms with Crippen LogP contribution < -0.4 is 10.9 Å². The van der Waals surface area contributed by atoms with Crippen molar-refractivity contribution in [3.63, 3.8) is 0 Å². The predicted octanol–water partition coefficient (Wildman–Crippen LogP) is 2.35. The second-order valence-corrected chi connectivity index (χ2v) is 9.14. The highest BCUT2D eigenvalue weighted by atomic mass is 16.2. The van der Waals surface area contributed by atoms with E-state index in [-0.39, 0.29) is 30.0 Å². The number of aromatic nitrogens is 3. The third kappa shape index (κ3) is 5.29. The lowest BCUT2D eigenvalue weighted by molar-refractivity contribution is -0.122. The number of amides is 2. The van der Waals surface area contributed by atoms with Gasteiger partial charge in [0.1, 0.15) is 17.9 Å². The van der Waals surface area contributed by atoms with Gasteiger partial charge in [0, 0.05) is 44.3 Å². The Labute approximate surface area is 188 Å². The quantitative estimate of drug-likeness (QED) is 0.748. The second kappa shape index (κ2) is 10.1. The van der Waals surface area contributed by atoms with Gasteiger partial charge in [0.25, 0.3) is 11.5 Å². The van der Waals surface area contributed by atoms with Gasteiger partial charge in [0.05, 0.1) is 0 Å². The molecule has 0 spiro atoms. The average Bonchev–Trinajstić information content (AvgIpc) is 3.20. The molecule has 0 aromatic carbocycles. The van der Waals surface area contributed by atoms with Crippen LogP contribution in [-0.2, 0) is 17.9 Å². The van der Waals surface area contributed by atoms with Crippen molar-refractivity contribution >= 4 is 11.8 Å². The summed E-state index contributed by atoms with van der Waals surface area (Å²) < 4.78 is 3.46. The van der Waals surface area contributed by atoms with Crippen molar-refractivity contribution in [3.8, 4) is 0 Å². The molecule has 8 nitrogen and oxygen atoms in total. The van der Waals surface area contributed by atoms with Crippen LogP contribution in [0.3, 0.4) is 0 Å². The highest BCUT2D eigenvalue weighted by Crippen LogP contribution is 2.20. The molecule has 0 bridgehead atoms. The zero-order chi connectivity index (χ0) is 22.5. The Hall–Kier alpha value is -2.90. The van der Waals surface area contributed by atoms with Crippen LogP contribution in [0, 0.1) is 12.8 Å². The van der Waals surface area contributed by atoms with Crippen LogP contribution in [0.2, 0.25) is 0 Å².